The van der Waals surface area contributed by atoms with Crippen molar-refractivity contribution in [1.82, 2.24) is 5.16 Å². The molecule has 0 aliphatic heterocycles. The third-order valence-electron chi connectivity index (χ3n) is 4.51. The van der Waals surface area contributed by atoms with Crippen LogP contribution in [0.4, 0.5) is 5.69 Å². The van der Waals surface area contributed by atoms with E-state index in [9.17, 15) is 13.2 Å². The lowest BCUT2D eigenvalue weighted by Gasteiger charge is -2.25. The second kappa shape index (κ2) is 9.65. The summed E-state index contributed by atoms with van der Waals surface area (Å²) in [7, 11) is -2.69. The first kappa shape index (κ1) is 22.4. The molecular weight excluding hydrogens is 420 g/mol. The minimum atomic E-state index is -4.09. The summed E-state index contributed by atoms with van der Waals surface area (Å²) in [5.41, 5.74) is 1.64. The highest BCUT2D eigenvalue weighted by Crippen LogP contribution is 2.34. The van der Waals surface area contributed by atoms with Crippen LogP contribution in [0.25, 0.3) is 11.3 Å². The molecular formula is C22H24N2O6S. The Hall–Kier alpha value is -3.33. The summed E-state index contributed by atoms with van der Waals surface area (Å²) in [4.78, 5) is 11.9. The fourth-order valence-electron chi connectivity index (χ4n) is 3.06. The average Bonchev–Trinajstić information content (AvgIpc) is 3.20. The predicted molar refractivity (Wildman–Crippen MR) is 115 cm³/mol. The number of para-hydroxylation sites is 1. The van der Waals surface area contributed by atoms with E-state index in [0.717, 1.165) is 0 Å². The monoisotopic (exact) mass is 444 g/mol. The number of rotatable bonds is 9. The molecule has 164 valence electrons. The molecule has 0 atom stereocenters. The molecule has 8 nitrogen and oxygen atoms in total. The van der Waals surface area contributed by atoms with Crippen LogP contribution in [0.3, 0.4) is 0 Å². The molecule has 31 heavy (non-hydrogen) atoms. The lowest BCUT2D eigenvalue weighted by Crippen LogP contribution is -2.33. The van der Waals surface area contributed by atoms with Crippen LogP contribution in [-0.4, -0.2) is 39.8 Å². The van der Waals surface area contributed by atoms with Crippen LogP contribution < -0.4 is 9.04 Å². The van der Waals surface area contributed by atoms with Crippen molar-refractivity contribution in [3.8, 4) is 17.1 Å². The molecule has 0 saturated carbocycles. The Kier molecular flexibility index (Phi) is 6.96. The summed E-state index contributed by atoms with van der Waals surface area (Å²) >= 11 is 0. The summed E-state index contributed by atoms with van der Waals surface area (Å²) in [5.74, 6) is 0.142. The second-order valence-electron chi connectivity index (χ2n) is 6.67. The van der Waals surface area contributed by atoms with E-state index in [1.165, 1.54) is 17.5 Å². The molecule has 0 fully saturated rings. The quantitative estimate of drug-likeness (QED) is 0.463. The average molecular weight is 445 g/mol. The van der Waals surface area contributed by atoms with E-state index in [1.807, 2.05) is 0 Å². The standard InChI is InChI=1S/C22H24N2O6S/c1-4-29-22(25)12-13-24(18-8-6-5-7-9-18)31(26,27)21-15-17(10-11-19(21)28-3)20-14-16(2)23-30-20/h5-11,14-15H,4,12-13H2,1-3H3. The molecule has 2 aromatic carbocycles. The minimum Gasteiger partial charge on any atom is -0.495 e. The molecule has 0 unspecified atom stereocenters. The van der Waals surface area contributed by atoms with E-state index < -0.39 is 16.0 Å². The minimum absolute atomic E-state index is 0.0470. The number of aryl methyl sites for hydroxylation is 1. The number of methoxy groups -OCH3 is 1. The van der Waals surface area contributed by atoms with Crippen molar-refractivity contribution in [1.29, 1.82) is 0 Å². The van der Waals surface area contributed by atoms with Crippen LogP contribution in [0.2, 0.25) is 0 Å². The van der Waals surface area contributed by atoms with E-state index in [-0.39, 0.29) is 30.2 Å². The van der Waals surface area contributed by atoms with Crippen molar-refractivity contribution in [2.75, 3.05) is 24.6 Å². The highest BCUT2D eigenvalue weighted by atomic mass is 32.2. The number of carbonyl (C=O) groups is 1. The van der Waals surface area contributed by atoms with Crippen molar-refractivity contribution < 1.29 is 27.2 Å². The topological polar surface area (TPSA) is 98.9 Å². The van der Waals surface area contributed by atoms with Gasteiger partial charge in [0.2, 0.25) is 0 Å². The van der Waals surface area contributed by atoms with Crippen LogP contribution in [0.5, 0.6) is 5.75 Å². The second-order valence-corrected chi connectivity index (χ2v) is 8.50. The Morgan fingerprint density at radius 3 is 2.48 bits per heavy atom. The van der Waals surface area contributed by atoms with Crippen molar-refractivity contribution in [2.45, 2.75) is 25.2 Å². The van der Waals surface area contributed by atoms with E-state index in [0.29, 0.717) is 22.7 Å². The Bertz CT molecular complexity index is 1140. The number of benzene rings is 2. The number of anilines is 1. The lowest BCUT2D eigenvalue weighted by molar-refractivity contribution is -0.142. The zero-order chi connectivity index (χ0) is 22.4. The van der Waals surface area contributed by atoms with Crippen LogP contribution in [0.1, 0.15) is 19.0 Å². The molecule has 0 spiro atoms. The van der Waals surface area contributed by atoms with Crippen LogP contribution in [0.15, 0.2) is 64.0 Å². The number of hydrogen-bond donors (Lipinski definition) is 0. The Labute approximate surface area is 181 Å². The van der Waals surface area contributed by atoms with Gasteiger partial charge in [0.1, 0.15) is 10.6 Å². The van der Waals surface area contributed by atoms with Gasteiger partial charge >= 0.3 is 5.97 Å². The molecule has 9 heteroatoms. The van der Waals surface area contributed by atoms with Gasteiger partial charge in [-0.2, -0.15) is 0 Å². The summed E-state index contributed by atoms with van der Waals surface area (Å²) in [6, 6.07) is 15.0. The molecule has 3 aromatic rings. The molecule has 0 bridgehead atoms. The Balaban J connectivity index is 2.06. The molecule has 0 radical (unpaired) electrons. The fourth-order valence-corrected chi connectivity index (χ4v) is 4.71. The van der Waals surface area contributed by atoms with Gasteiger partial charge in [0, 0.05) is 18.2 Å². The molecule has 1 heterocycles. The molecule has 3 rings (SSSR count). The zero-order valence-corrected chi connectivity index (χ0v) is 18.4. The molecule has 1 aromatic heterocycles. The Morgan fingerprint density at radius 2 is 1.87 bits per heavy atom. The van der Waals surface area contributed by atoms with Gasteiger partial charge in [-0.15, -0.1) is 0 Å². The molecule has 0 saturated heterocycles. The number of carbonyl (C=O) groups excluding carboxylic acids is 1. The third kappa shape index (κ3) is 5.05. The maximum absolute atomic E-state index is 13.7. The number of ether oxygens (including phenoxy) is 2. The summed E-state index contributed by atoms with van der Waals surface area (Å²) in [6.07, 6.45) is -0.0920. The van der Waals surface area contributed by atoms with Gasteiger partial charge in [0.15, 0.2) is 5.76 Å². The van der Waals surface area contributed by atoms with Gasteiger partial charge < -0.3 is 14.0 Å². The van der Waals surface area contributed by atoms with E-state index in [1.54, 1.807) is 62.4 Å². The number of esters is 1. The molecule has 0 aliphatic carbocycles. The number of aromatic nitrogens is 1. The molecule has 0 N–H and O–H groups in total. The smallest absolute Gasteiger partial charge is 0.307 e. The van der Waals surface area contributed by atoms with Crippen LogP contribution >= 0.6 is 0 Å². The van der Waals surface area contributed by atoms with Gasteiger partial charge in [0.25, 0.3) is 10.0 Å². The van der Waals surface area contributed by atoms with Gasteiger partial charge in [-0.25, -0.2) is 8.42 Å². The van der Waals surface area contributed by atoms with Gasteiger partial charge in [-0.1, -0.05) is 23.4 Å². The van der Waals surface area contributed by atoms with Gasteiger partial charge in [-0.3, -0.25) is 9.10 Å². The largest absolute Gasteiger partial charge is 0.495 e. The predicted octanol–water partition coefficient (Wildman–Crippen LogP) is 3.81. The maximum atomic E-state index is 13.7. The van der Waals surface area contributed by atoms with E-state index >= 15 is 0 Å². The maximum Gasteiger partial charge on any atom is 0.307 e. The van der Waals surface area contributed by atoms with Crippen LogP contribution in [-0.2, 0) is 19.6 Å². The van der Waals surface area contributed by atoms with Gasteiger partial charge in [-0.05, 0) is 44.2 Å². The SMILES string of the molecule is CCOC(=O)CCN(c1ccccc1)S(=O)(=O)c1cc(-c2cc(C)no2)ccc1OC. The number of sulfonamides is 1. The van der Waals surface area contributed by atoms with Crippen molar-refractivity contribution in [3.63, 3.8) is 0 Å². The van der Waals surface area contributed by atoms with Crippen LogP contribution in [0, 0.1) is 6.92 Å². The first-order valence-corrected chi connectivity index (χ1v) is 11.2. The third-order valence-corrected chi connectivity index (χ3v) is 6.36. The number of nitrogens with zero attached hydrogens (tertiary/aromatic N) is 2. The summed E-state index contributed by atoms with van der Waals surface area (Å²) in [5, 5.41) is 3.86. The summed E-state index contributed by atoms with van der Waals surface area (Å²) < 4.78 is 44.2. The Morgan fingerprint density at radius 1 is 1.13 bits per heavy atom. The van der Waals surface area contributed by atoms with Gasteiger partial charge in [0.05, 0.1) is 31.5 Å². The highest BCUT2D eigenvalue weighted by Gasteiger charge is 2.29. The first-order valence-electron chi connectivity index (χ1n) is 9.72. The van der Waals surface area contributed by atoms with Crippen molar-refractivity contribution in [3.05, 3.63) is 60.3 Å². The molecule has 0 amide bonds. The normalized spacial score (nSPS) is 11.2. The lowest BCUT2D eigenvalue weighted by atomic mass is 10.1. The van der Waals surface area contributed by atoms with E-state index in [4.69, 9.17) is 14.0 Å². The van der Waals surface area contributed by atoms with E-state index in [2.05, 4.69) is 5.16 Å². The fraction of sp³-hybridized carbons (Fsp3) is 0.273. The highest BCUT2D eigenvalue weighted by molar-refractivity contribution is 7.93. The zero-order valence-electron chi connectivity index (χ0n) is 17.6. The van der Waals surface area contributed by atoms with Crippen molar-refractivity contribution >= 4 is 21.7 Å². The first-order chi connectivity index (χ1) is 14.9. The van der Waals surface area contributed by atoms with Crippen molar-refractivity contribution in [2.24, 2.45) is 0 Å². The number of hydrogen-bond acceptors (Lipinski definition) is 7. The summed E-state index contributed by atoms with van der Waals surface area (Å²) in [6.45, 7) is 3.62. The molecule has 0 aliphatic rings.